The molecular formula is C15H16O3. The lowest BCUT2D eigenvalue weighted by atomic mass is 10.1. The molecule has 0 aliphatic rings. The van der Waals surface area contributed by atoms with Gasteiger partial charge in [0.15, 0.2) is 0 Å². The van der Waals surface area contributed by atoms with Crippen LogP contribution in [0.15, 0.2) is 39.6 Å². The van der Waals surface area contributed by atoms with E-state index >= 15 is 0 Å². The van der Waals surface area contributed by atoms with Crippen molar-refractivity contribution in [2.24, 2.45) is 5.92 Å². The van der Waals surface area contributed by atoms with Gasteiger partial charge < -0.3 is 9.15 Å². The maximum absolute atomic E-state index is 11.3. The third-order valence-corrected chi connectivity index (χ3v) is 2.66. The Kier molecular flexibility index (Phi) is 3.51. The Labute approximate surface area is 106 Å². The van der Waals surface area contributed by atoms with E-state index in [1.54, 1.807) is 13.2 Å². The van der Waals surface area contributed by atoms with Crippen LogP contribution < -0.4 is 10.4 Å². The molecule has 0 fully saturated rings. The summed E-state index contributed by atoms with van der Waals surface area (Å²) >= 11 is 0. The quantitative estimate of drug-likeness (QED) is 0.776. The van der Waals surface area contributed by atoms with E-state index in [4.69, 9.17) is 9.15 Å². The average molecular weight is 244 g/mol. The Morgan fingerprint density at radius 2 is 1.94 bits per heavy atom. The van der Waals surface area contributed by atoms with Crippen LogP contribution >= 0.6 is 0 Å². The molecule has 3 nitrogen and oxygen atoms in total. The van der Waals surface area contributed by atoms with Crippen molar-refractivity contribution in [2.75, 3.05) is 7.11 Å². The molecule has 0 N–H and O–H groups in total. The topological polar surface area (TPSA) is 39.4 Å². The molecule has 3 heteroatoms. The average Bonchev–Trinajstić information content (AvgIpc) is 2.35. The minimum Gasteiger partial charge on any atom is -0.496 e. The predicted octanol–water partition coefficient (Wildman–Crippen LogP) is 3.47. The number of hydrogen-bond acceptors (Lipinski definition) is 3. The van der Waals surface area contributed by atoms with Crippen molar-refractivity contribution >= 4 is 17.0 Å². The van der Waals surface area contributed by atoms with Crippen LogP contribution in [0.2, 0.25) is 0 Å². The van der Waals surface area contributed by atoms with E-state index in [1.165, 1.54) is 6.07 Å². The number of methoxy groups -OCH3 is 1. The summed E-state index contributed by atoms with van der Waals surface area (Å²) in [6.45, 7) is 4.18. The van der Waals surface area contributed by atoms with Gasteiger partial charge in [-0.15, -0.1) is 0 Å². The first-order valence-electron chi connectivity index (χ1n) is 5.91. The van der Waals surface area contributed by atoms with E-state index in [-0.39, 0.29) is 5.63 Å². The highest BCUT2D eigenvalue weighted by Crippen LogP contribution is 2.28. The van der Waals surface area contributed by atoms with E-state index in [1.807, 2.05) is 24.3 Å². The molecule has 2 aromatic rings. The Hall–Kier alpha value is -2.03. The lowest BCUT2D eigenvalue weighted by Gasteiger charge is -2.07. The van der Waals surface area contributed by atoms with Crippen LogP contribution in [-0.2, 0) is 0 Å². The van der Waals surface area contributed by atoms with Crippen molar-refractivity contribution in [3.05, 3.63) is 46.3 Å². The second-order valence-corrected chi connectivity index (χ2v) is 4.46. The highest BCUT2D eigenvalue weighted by Gasteiger charge is 2.08. The van der Waals surface area contributed by atoms with Gasteiger partial charge in [-0.3, -0.25) is 0 Å². The third-order valence-electron chi connectivity index (χ3n) is 2.66. The molecule has 18 heavy (non-hydrogen) atoms. The van der Waals surface area contributed by atoms with Crippen molar-refractivity contribution in [3.8, 4) is 5.75 Å². The molecule has 0 spiro atoms. The smallest absolute Gasteiger partial charge is 0.336 e. The molecule has 1 aromatic heterocycles. The first-order valence-corrected chi connectivity index (χ1v) is 5.91. The molecule has 0 unspecified atom stereocenters. The van der Waals surface area contributed by atoms with Crippen LogP contribution in [0, 0.1) is 5.92 Å². The molecule has 0 saturated carbocycles. The number of benzene rings is 1. The monoisotopic (exact) mass is 244 g/mol. The van der Waals surface area contributed by atoms with Gasteiger partial charge in [0.2, 0.25) is 0 Å². The van der Waals surface area contributed by atoms with Crippen molar-refractivity contribution in [1.29, 1.82) is 0 Å². The summed E-state index contributed by atoms with van der Waals surface area (Å²) in [7, 11) is 1.61. The fraction of sp³-hybridized carbons (Fsp3) is 0.267. The summed E-state index contributed by atoms with van der Waals surface area (Å²) < 4.78 is 10.6. The first kappa shape index (κ1) is 12.4. The van der Waals surface area contributed by atoms with Crippen molar-refractivity contribution in [1.82, 2.24) is 0 Å². The van der Waals surface area contributed by atoms with Gasteiger partial charge in [-0.25, -0.2) is 4.79 Å². The Morgan fingerprint density at radius 1 is 1.22 bits per heavy atom. The Balaban J connectivity index is 2.71. The first-order chi connectivity index (χ1) is 8.61. The number of hydrogen-bond donors (Lipinski definition) is 0. The Morgan fingerprint density at radius 3 is 2.61 bits per heavy atom. The van der Waals surface area contributed by atoms with Gasteiger partial charge in [-0.1, -0.05) is 26.0 Å². The SMILES string of the molecule is COc1ccc2ccc(=O)oc2c1/C=C/C(C)C. The molecule has 0 aliphatic heterocycles. The van der Waals surface area contributed by atoms with Crippen LogP contribution in [0.3, 0.4) is 0 Å². The molecule has 0 radical (unpaired) electrons. The summed E-state index contributed by atoms with van der Waals surface area (Å²) in [6.07, 6.45) is 3.99. The van der Waals surface area contributed by atoms with Crippen LogP contribution in [0.4, 0.5) is 0 Å². The van der Waals surface area contributed by atoms with E-state index in [9.17, 15) is 4.79 Å². The third kappa shape index (κ3) is 2.45. The van der Waals surface area contributed by atoms with Gasteiger partial charge in [-0.2, -0.15) is 0 Å². The minimum absolute atomic E-state index is 0.352. The summed E-state index contributed by atoms with van der Waals surface area (Å²) in [6, 6.07) is 6.93. The lowest BCUT2D eigenvalue weighted by molar-refractivity contribution is 0.413. The number of fused-ring (bicyclic) bond motifs is 1. The molecule has 0 atom stereocenters. The largest absolute Gasteiger partial charge is 0.496 e. The fourth-order valence-corrected chi connectivity index (χ4v) is 1.76. The zero-order chi connectivity index (χ0) is 13.1. The van der Waals surface area contributed by atoms with E-state index in [2.05, 4.69) is 13.8 Å². The van der Waals surface area contributed by atoms with Gasteiger partial charge >= 0.3 is 5.63 Å². The van der Waals surface area contributed by atoms with Gasteiger partial charge in [0.05, 0.1) is 12.7 Å². The molecule has 0 saturated heterocycles. The maximum atomic E-state index is 11.3. The molecular weight excluding hydrogens is 228 g/mol. The van der Waals surface area contributed by atoms with Gasteiger partial charge in [-0.05, 0) is 24.1 Å². The minimum atomic E-state index is -0.352. The number of ether oxygens (including phenoxy) is 1. The van der Waals surface area contributed by atoms with Crippen molar-refractivity contribution < 1.29 is 9.15 Å². The molecule has 1 heterocycles. The zero-order valence-electron chi connectivity index (χ0n) is 10.8. The van der Waals surface area contributed by atoms with Crippen molar-refractivity contribution in [3.63, 3.8) is 0 Å². The standard InChI is InChI=1S/C15H16O3/c1-10(2)4-7-12-13(17-3)8-5-11-6-9-14(16)18-15(11)12/h4-10H,1-3H3/b7-4+. The molecule has 94 valence electrons. The van der Waals surface area contributed by atoms with E-state index < -0.39 is 0 Å². The summed E-state index contributed by atoms with van der Waals surface area (Å²) in [5, 5.41) is 0.888. The fourth-order valence-electron chi connectivity index (χ4n) is 1.76. The molecule has 2 rings (SSSR count). The van der Waals surface area contributed by atoms with Gasteiger partial charge in [0, 0.05) is 11.5 Å². The normalized spacial score (nSPS) is 11.6. The van der Waals surface area contributed by atoms with Gasteiger partial charge in [0.25, 0.3) is 0 Å². The van der Waals surface area contributed by atoms with Crippen LogP contribution in [0.25, 0.3) is 17.0 Å². The van der Waals surface area contributed by atoms with Gasteiger partial charge in [0.1, 0.15) is 11.3 Å². The van der Waals surface area contributed by atoms with E-state index in [0.717, 1.165) is 10.9 Å². The second-order valence-electron chi connectivity index (χ2n) is 4.46. The summed E-state index contributed by atoms with van der Waals surface area (Å²) in [5.41, 5.74) is 1.02. The van der Waals surface area contributed by atoms with E-state index in [0.29, 0.717) is 17.3 Å². The summed E-state index contributed by atoms with van der Waals surface area (Å²) in [4.78, 5) is 11.3. The molecule has 1 aromatic carbocycles. The highest BCUT2D eigenvalue weighted by molar-refractivity contribution is 5.88. The van der Waals surface area contributed by atoms with Crippen LogP contribution in [0.5, 0.6) is 5.75 Å². The highest BCUT2D eigenvalue weighted by atomic mass is 16.5. The molecule has 0 amide bonds. The maximum Gasteiger partial charge on any atom is 0.336 e. The zero-order valence-corrected chi connectivity index (χ0v) is 10.8. The number of rotatable bonds is 3. The predicted molar refractivity (Wildman–Crippen MR) is 72.9 cm³/mol. The molecule has 0 aliphatic carbocycles. The Bertz CT molecular complexity index is 636. The second kappa shape index (κ2) is 5.08. The summed E-state index contributed by atoms with van der Waals surface area (Å²) in [5.74, 6) is 1.12. The molecule has 0 bridgehead atoms. The lowest BCUT2D eigenvalue weighted by Crippen LogP contribution is -1.97. The van der Waals surface area contributed by atoms with Crippen LogP contribution in [0.1, 0.15) is 19.4 Å². The van der Waals surface area contributed by atoms with Crippen LogP contribution in [-0.4, -0.2) is 7.11 Å². The number of allylic oxidation sites excluding steroid dienone is 1. The van der Waals surface area contributed by atoms with Crippen molar-refractivity contribution in [2.45, 2.75) is 13.8 Å².